The fourth-order valence-corrected chi connectivity index (χ4v) is 2.66. The molecule has 0 radical (unpaired) electrons. The van der Waals surface area contributed by atoms with Crippen molar-refractivity contribution in [3.8, 4) is 0 Å². The maximum atomic E-state index is 12.3. The number of hydrogen-bond acceptors (Lipinski definition) is 4. The highest BCUT2D eigenvalue weighted by Gasteiger charge is 2.36. The number of carboxylic acid groups (broad SMARTS) is 1. The maximum Gasteiger partial charge on any atom is 0.326 e. The second-order valence-electron chi connectivity index (χ2n) is 6.43. The molecule has 0 aliphatic carbocycles. The predicted octanol–water partition coefficient (Wildman–Crippen LogP) is 0.192. The normalized spacial score (nSPS) is 23.7. The van der Waals surface area contributed by atoms with Crippen LogP contribution in [-0.4, -0.2) is 77.4 Å². The Kier molecular flexibility index (Phi) is 6.42. The van der Waals surface area contributed by atoms with Crippen LogP contribution in [-0.2, 0) is 4.79 Å². The van der Waals surface area contributed by atoms with Crippen LogP contribution >= 0.6 is 0 Å². The summed E-state index contributed by atoms with van der Waals surface area (Å²) in [5.74, 6) is -0.853. The third kappa shape index (κ3) is 5.51. The van der Waals surface area contributed by atoms with Crippen molar-refractivity contribution in [1.29, 1.82) is 0 Å². The van der Waals surface area contributed by atoms with Crippen LogP contribution in [0.5, 0.6) is 0 Å². The predicted molar refractivity (Wildman–Crippen MR) is 79.1 cm³/mol. The molecule has 0 bridgehead atoms. The number of aliphatic hydroxyl groups excluding tert-OH is 1. The molecule has 1 rings (SSSR count). The molecule has 1 saturated heterocycles. The second kappa shape index (κ2) is 7.61. The molecule has 7 nitrogen and oxygen atoms in total. The van der Waals surface area contributed by atoms with Gasteiger partial charge in [0.05, 0.1) is 6.10 Å². The largest absolute Gasteiger partial charge is 0.480 e. The summed E-state index contributed by atoms with van der Waals surface area (Å²) in [6, 6.07) is -1.40. The summed E-state index contributed by atoms with van der Waals surface area (Å²) in [5.41, 5.74) is 0. The van der Waals surface area contributed by atoms with E-state index >= 15 is 0 Å². The molecule has 1 aliphatic rings. The highest BCUT2D eigenvalue weighted by Crippen LogP contribution is 2.19. The molecule has 21 heavy (non-hydrogen) atoms. The number of urea groups is 1. The minimum atomic E-state index is -1.03. The molecule has 3 N–H and O–H groups in total. The van der Waals surface area contributed by atoms with Gasteiger partial charge in [0.15, 0.2) is 0 Å². The first-order valence-electron chi connectivity index (χ1n) is 7.33. The smallest absolute Gasteiger partial charge is 0.326 e. The molecular weight excluding hydrogens is 274 g/mol. The Labute approximate surface area is 125 Å². The van der Waals surface area contributed by atoms with E-state index in [2.05, 4.69) is 5.32 Å². The van der Waals surface area contributed by atoms with Gasteiger partial charge in [-0.15, -0.1) is 0 Å². The monoisotopic (exact) mass is 301 g/mol. The fraction of sp³-hybridized carbons (Fsp3) is 0.857. The summed E-state index contributed by atoms with van der Waals surface area (Å²) >= 11 is 0. The average Bonchev–Trinajstić information content (AvgIpc) is 2.67. The number of nitrogens with one attached hydrogen (secondary N) is 1. The van der Waals surface area contributed by atoms with Crippen LogP contribution in [0.2, 0.25) is 0 Å². The van der Waals surface area contributed by atoms with Crippen molar-refractivity contribution in [1.82, 2.24) is 15.1 Å². The second-order valence-corrected chi connectivity index (χ2v) is 6.43. The Morgan fingerprint density at radius 3 is 2.48 bits per heavy atom. The number of likely N-dealkylation sites (N-methyl/N-ethyl adjacent to an activating group) is 1. The van der Waals surface area contributed by atoms with Crippen molar-refractivity contribution < 1.29 is 19.8 Å². The lowest BCUT2D eigenvalue weighted by Gasteiger charge is -2.28. The van der Waals surface area contributed by atoms with E-state index in [0.717, 1.165) is 0 Å². The molecule has 7 heteroatoms. The van der Waals surface area contributed by atoms with Gasteiger partial charge in [-0.25, -0.2) is 9.59 Å². The zero-order valence-corrected chi connectivity index (χ0v) is 13.2. The summed E-state index contributed by atoms with van der Waals surface area (Å²) in [5, 5.41) is 21.5. The van der Waals surface area contributed by atoms with Crippen molar-refractivity contribution in [2.45, 2.75) is 44.9 Å². The zero-order chi connectivity index (χ0) is 16.2. The van der Waals surface area contributed by atoms with E-state index in [0.29, 0.717) is 19.4 Å². The van der Waals surface area contributed by atoms with Crippen molar-refractivity contribution in [3.05, 3.63) is 0 Å². The lowest BCUT2D eigenvalue weighted by molar-refractivity contribution is -0.139. The first-order chi connectivity index (χ1) is 9.70. The molecule has 3 atom stereocenters. The van der Waals surface area contributed by atoms with Crippen LogP contribution in [0.15, 0.2) is 0 Å². The van der Waals surface area contributed by atoms with E-state index in [1.807, 2.05) is 32.8 Å². The molecule has 1 fully saturated rings. The first kappa shape index (κ1) is 17.7. The van der Waals surface area contributed by atoms with Gasteiger partial charge in [0.25, 0.3) is 0 Å². The van der Waals surface area contributed by atoms with Crippen LogP contribution < -0.4 is 5.32 Å². The van der Waals surface area contributed by atoms with E-state index < -0.39 is 24.1 Å². The van der Waals surface area contributed by atoms with Crippen molar-refractivity contribution in [3.63, 3.8) is 0 Å². The van der Waals surface area contributed by atoms with Gasteiger partial charge in [-0.05, 0) is 32.9 Å². The number of likely N-dealkylation sites (tertiary alicyclic amines) is 1. The van der Waals surface area contributed by atoms with Gasteiger partial charge in [-0.3, -0.25) is 0 Å². The van der Waals surface area contributed by atoms with E-state index in [9.17, 15) is 19.8 Å². The number of nitrogens with zero attached hydrogens (tertiary/aromatic N) is 2. The number of amides is 2. The highest BCUT2D eigenvalue weighted by atomic mass is 16.4. The number of carboxylic acids is 1. The molecule has 2 amide bonds. The number of rotatable bonds is 6. The Balaban J connectivity index is 2.68. The van der Waals surface area contributed by atoms with E-state index in [-0.39, 0.29) is 18.5 Å². The Bertz CT molecular complexity index is 373. The Morgan fingerprint density at radius 1 is 1.38 bits per heavy atom. The van der Waals surface area contributed by atoms with Crippen molar-refractivity contribution in [2.75, 3.05) is 27.2 Å². The molecule has 1 heterocycles. The van der Waals surface area contributed by atoms with Crippen molar-refractivity contribution >= 4 is 12.0 Å². The lowest BCUT2D eigenvalue weighted by atomic mass is 10.0. The summed E-state index contributed by atoms with van der Waals surface area (Å²) in [6.07, 6.45) is 0.359. The first-order valence-corrected chi connectivity index (χ1v) is 7.33. The third-order valence-electron chi connectivity index (χ3n) is 3.53. The summed E-state index contributed by atoms with van der Waals surface area (Å²) in [4.78, 5) is 27.0. The molecule has 1 aliphatic heterocycles. The molecular formula is C14H27N3O4. The van der Waals surface area contributed by atoms with Gasteiger partial charge in [0.2, 0.25) is 0 Å². The average molecular weight is 301 g/mol. The number of aliphatic hydroxyl groups is 1. The SMILES string of the molecule is CC(C)C[C@@H](NC(=O)N1CC(O)CC1CN(C)C)C(=O)O. The zero-order valence-electron chi connectivity index (χ0n) is 13.2. The van der Waals surface area contributed by atoms with Gasteiger partial charge < -0.3 is 25.3 Å². The minimum absolute atomic E-state index is 0.0940. The molecule has 0 aromatic heterocycles. The molecule has 0 spiro atoms. The third-order valence-corrected chi connectivity index (χ3v) is 3.53. The van der Waals surface area contributed by atoms with E-state index in [1.165, 1.54) is 0 Å². The summed E-state index contributed by atoms with van der Waals surface area (Å²) < 4.78 is 0. The number of hydrogen-bond donors (Lipinski definition) is 3. The number of carbonyl (C=O) groups is 2. The lowest BCUT2D eigenvalue weighted by Crippen LogP contribution is -2.51. The van der Waals surface area contributed by atoms with Gasteiger partial charge >= 0.3 is 12.0 Å². The van der Waals surface area contributed by atoms with Crippen LogP contribution in [0.1, 0.15) is 26.7 Å². The molecule has 0 saturated carbocycles. The van der Waals surface area contributed by atoms with Crippen LogP contribution in [0.25, 0.3) is 0 Å². The minimum Gasteiger partial charge on any atom is -0.480 e. The van der Waals surface area contributed by atoms with Gasteiger partial charge in [-0.2, -0.15) is 0 Å². The molecule has 122 valence electrons. The standard InChI is InChI=1S/C14H27N3O4/c1-9(2)5-12(13(19)20)15-14(21)17-8-11(18)6-10(17)7-16(3)4/h9-12,18H,5-8H2,1-4H3,(H,15,21)(H,19,20)/t10?,11?,12-/m1/s1. The number of aliphatic carboxylic acids is 1. The van der Waals surface area contributed by atoms with Gasteiger partial charge in [0.1, 0.15) is 6.04 Å². The maximum absolute atomic E-state index is 12.3. The number of β-amino-alcohol motifs (C(OH)–C–C–N with tert-alkyl or cyclic N) is 1. The molecule has 2 unspecified atom stereocenters. The summed E-state index contributed by atoms with van der Waals surface area (Å²) in [6.45, 7) is 4.72. The van der Waals surface area contributed by atoms with E-state index in [4.69, 9.17) is 0 Å². The molecule has 0 aromatic carbocycles. The Hall–Kier alpha value is -1.34. The highest BCUT2D eigenvalue weighted by molar-refractivity contribution is 5.83. The van der Waals surface area contributed by atoms with Crippen LogP contribution in [0.3, 0.4) is 0 Å². The Morgan fingerprint density at radius 2 is 2.00 bits per heavy atom. The molecule has 0 aromatic rings. The summed E-state index contributed by atoms with van der Waals surface area (Å²) in [7, 11) is 3.80. The quantitative estimate of drug-likeness (QED) is 0.651. The van der Waals surface area contributed by atoms with Gasteiger partial charge in [0, 0.05) is 19.1 Å². The van der Waals surface area contributed by atoms with E-state index in [1.54, 1.807) is 4.90 Å². The fourth-order valence-electron chi connectivity index (χ4n) is 2.66. The van der Waals surface area contributed by atoms with Gasteiger partial charge in [-0.1, -0.05) is 13.8 Å². The topological polar surface area (TPSA) is 93.1 Å². The van der Waals surface area contributed by atoms with Crippen LogP contribution in [0, 0.1) is 5.92 Å². The van der Waals surface area contributed by atoms with Crippen LogP contribution in [0.4, 0.5) is 4.79 Å². The number of carbonyl (C=O) groups excluding carboxylic acids is 1. The van der Waals surface area contributed by atoms with Crippen molar-refractivity contribution in [2.24, 2.45) is 5.92 Å².